The van der Waals surface area contributed by atoms with Crippen LogP contribution in [0.5, 0.6) is 0 Å². The molecular formula is C12H24N2O2. The molecule has 1 heterocycles. The molecule has 2 atom stereocenters. The Labute approximate surface area is 98.1 Å². The molecule has 1 aliphatic rings. The van der Waals surface area contributed by atoms with Crippen LogP contribution in [0.2, 0.25) is 0 Å². The molecule has 1 aliphatic heterocycles. The zero-order chi connectivity index (χ0) is 12.2. The van der Waals surface area contributed by atoms with E-state index in [-0.39, 0.29) is 6.09 Å². The standard InChI is InChI=1S/C12H24N2O2/c1-9-7-10(5-6-13-9)8-14-11(15)16-12(2,3)4/h9-10,13H,5-8H2,1-4H3,(H,14,15)/t9-,10-/m1/s1. The van der Waals surface area contributed by atoms with E-state index in [1.807, 2.05) is 20.8 Å². The highest BCUT2D eigenvalue weighted by Crippen LogP contribution is 2.15. The Morgan fingerprint density at radius 3 is 2.75 bits per heavy atom. The van der Waals surface area contributed by atoms with Gasteiger partial charge in [-0.15, -0.1) is 0 Å². The maximum absolute atomic E-state index is 11.4. The molecule has 0 spiro atoms. The molecule has 1 fully saturated rings. The van der Waals surface area contributed by atoms with Crippen molar-refractivity contribution in [3.8, 4) is 0 Å². The average Bonchev–Trinajstić information content (AvgIpc) is 2.12. The van der Waals surface area contributed by atoms with E-state index in [4.69, 9.17) is 4.74 Å². The summed E-state index contributed by atoms with van der Waals surface area (Å²) in [6, 6.07) is 0.555. The van der Waals surface area contributed by atoms with E-state index < -0.39 is 5.60 Å². The molecule has 4 heteroatoms. The molecule has 1 rings (SSSR count). The SMILES string of the molecule is C[C@@H]1C[C@H](CNC(=O)OC(C)(C)C)CCN1. The van der Waals surface area contributed by atoms with Crippen LogP contribution < -0.4 is 10.6 Å². The van der Waals surface area contributed by atoms with Gasteiger partial charge in [0.15, 0.2) is 0 Å². The molecule has 1 amide bonds. The van der Waals surface area contributed by atoms with Crippen molar-refractivity contribution in [3.05, 3.63) is 0 Å². The fourth-order valence-electron chi connectivity index (χ4n) is 1.96. The molecule has 94 valence electrons. The smallest absolute Gasteiger partial charge is 0.407 e. The Morgan fingerprint density at radius 1 is 1.50 bits per heavy atom. The number of rotatable bonds is 2. The molecule has 1 saturated heterocycles. The van der Waals surface area contributed by atoms with Crippen LogP contribution in [0.1, 0.15) is 40.5 Å². The molecule has 0 aliphatic carbocycles. The number of carbonyl (C=O) groups is 1. The van der Waals surface area contributed by atoms with Gasteiger partial charge < -0.3 is 15.4 Å². The second-order valence-corrected chi connectivity index (χ2v) is 5.63. The second-order valence-electron chi connectivity index (χ2n) is 5.63. The molecule has 0 saturated carbocycles. The first-order chi connectivity index (χ1) is 7.37. The van der Waals surface area contributed by atoms with Crippen LogP contribution in [0.15, 0.2) is 0 Å². The van der Waals surface area contributed by atoms with Gasteiger partial charge in [0, 0.05) is 12.6 Å². The lowest BCUT2D eigenvalue weighted by Gasteiger charge is -2.28. The van der Waals surface area contributed by atoms with Gasteiger partial charge in [-0.05, 0) is 53.0 Å². The third-order valence-corrected chi connectivity index (χ3v) is 2.67. The predicted molar refractivity (Wildman–Crippen MR) is 64.4 cm³/mol. The van der Waals surface area contributed by atoms with Gasteiger partial charge in [-0.3, -0.25) is 0 Å². The molecule has 4 nitrogen and oxygen atoms in total. The Kier molecular flexibility index (Phi) is 4.59. The monoisotopic (exact) mass is 228 g/mol. The molecule has 0 aromatic rings. The minimum atomic E-state index is -0.411. The average molecular weight is 228 g/mol. The van der Waals surface area contributed by atoms with Gasteiger partial charge in [-0.25, -0.2) is 4.79 Å². The summed E-state index contributed by atoms with van der Waals surface area (Å²) in [4.78, 5) is 11.4. The van der Waals surface area contributed by atoms with E-state index in [2.05, 4.69) is 17.6 Å². The van der Waals surface area contributed by atoms with Gasteiger partial charge >= 0.3 is 6.09 Å². The lowest BCUT2D eigenvalue weighted by Crippen LogP contribution is -2.41. The van der Waals surface area contributed by atoms with Crippen LogP contribution in [0.3, 0.4) is 0 Å². The van der Waals surface area contributed by atoms with Crippen LogP contribution in [-0.4, -0.2) is 30.8 Å². The Hall–Kier alpha value is -0.770. The molecule has 0 unspecified atom stereocenters. The van der Waals surface area contributed by atoms with E-state index in [0.29, 0.717) is 12.0 Å². The van der Waals surface area contributed by atoms with Gasteiger partial charge in [0.25, 0.3) is 0 Å². The third kappa shape index (κ3) is 5.35. The first-order valence-electron chi connectivity index (χ1n) is 6.07. The number of hydrogen-bond donors (Lipinski definition) is 2. The number of amides is 1. The summed E-state index contributed by atoms with van der Waals surface area (Å²) in [6.45, 7) is 9.57. The van der Waals surface area contributed by atoms with Crippen molar-refractivity contribution in [2.45, 2.75) is 52.2 Å². The summed E-state index contributed by atoms with van der Waals surface area (Å²) in [5, 5.41) is 6.23. The minimum absolute atomic E-state index is 0.307. The highest BCUT2D eigenvalue weighted by atomic mass is 16.6. The van der Waals surface area contributed by atoms with Gasteiger partial charge in [-0.1, -0.05) is 0 Å². The second kappa shape index (κ2) is 5.53. The molecular weight excluding hydrogens is 204 g/mol. The minimum Gasteiger partial charge on any atom is -0.444 e. The van der Waals surface area contributed by atoms with Gasteiger partial charge in [0.2, 0.25) is 0 Å². The summed E-state index contributed by atoms with van der Waals surface area (Å²) >= 11 is 0. The molecule has 0 aromatic carbocycles. The van der Waals surface area contributed by atoms with Crippen LogP contribution >= 0.6 is 0 Å². The molecule has 2 N–H and O–H groups in total. The van der Waals surface area contributed by atoms with Crippen LogP contribution in [0.25, 0.3) is 0 Å². The number of nitrogens with one attached hydrogen (secondary N) is 2. The van der Waals surface area contributed by atoms with Gasteiger partial charge in [0.05, 0.1) is 0 Å². The number of piperidine rings is 1. The van der Waals surface area contributed by atoms with Crippen LogP contribution in [-0.2, 0) is 4.74 Å². The normalized spacial score (nSPS) is 26.2. The van der Waals surface area contributed by atoms with E-state index >= 15 is 0 Å². The largest absolute Gasteiger partial charge is 0.444 e. The predicted octanol–water partition coefficient (Wildman–Crippen LogP) is 1.90. The summed E-state index contributed by atoms with van der Waals surface area (Å²) in [5.74, 6) is 0.573. The Bertz CT molecular complexity index is 236. The van der Waals surface area contributed by atoms with Crippen LogP contribution in [0, 0.1) is 5.92 Å². The summed E-state index contributed by atoms with van der Waals surface area (Å²) in [5.41, 5.74) is -0.411. The molecule has 0 bridgehead atoms. The van der Waals surface area contributed by atoms with E-state index in [0.717, 1.165) is 25.9 Å². The lowest BCUT2D eigenvalue weighted by atomic mass is 9.93. The third-order valence-electron chi connectivity index (χ3n) is 2.67. The van der Waals surface area contributed by atoms with E-state index in [1.54, 1.807) is 0 Å². The van der Waals surface area contributed by atoms with Crippen molar-refractivity contribution in [2.75, 3.05) is 13.1 Å². The summed E-state index contributed by atoms with van der Waals surface area (Å²) in [6.07, 6.45) is 1.94. The van der Waals surface area contributed by atoms with Crippen molar-refractivity contribution in [2.24, 2.45) is 5.92 Å². The van der Waals surface area contributed by atoms with Crippen molar-refractivity contribution >= 4 is 6.09 Å². The number of ether oxygens (including phenoxy) is 1. The highest BCUT2D eigenvalue weighted by Gasteiger charge is 2.20. The van der Waals surface area contributed by atoms with E-state index in [9.17, 15) is 4.79 Å². The maximum atomic E-state index is 11.4. The Morgan fingerprint density at radius 2 is 2.19 bits per heavy atom. The zero-order valence-corrected chi connectivity index (χ0v) is 10.8. The lowest BCUT2D eigenvalue weighted by molar-refractivity contribution is 0.0514. The van der Waals surface area contributed by atoms with Crippen LogP contribution in [0.4, 0.5) is 4.79 Å². The Balaban J connectivity index is 2.21. The number of alkyl carbamates (subject to hydrolysis) is 1. The maximum Gasteiger partial charge on any atom is 0.407 e. The fraction of sp³-hybridized carbons (Fsp3) is 0.917. The zero-order valence-electron chi connectivity index (χ0n) is 10.8. The molecule has 0 aromatic heterocycles. The van der Waals surface area contributed by atoms with Crippen molar-refractivity contribution in [3.63, 3.8) is 0 Å². The quantitative estimate of drug-likeness (QED) is 0.759. The first-order valence-corrected chi connectivity index (χ1v) is 6.07. The van der Waals surface area contributed by atoms with Crippen molar-refractivity contribution in [1.29, 1.82) is 0 Å². The van der Waals surface area contributed by atoms with Gasteiger partial charge in [0.1, 0.15) is 5.60 Å². The molecule has 16 heavy (non-hydrogen) atoms. The summed E-state index contributed by atoms with van der Waals surface area (Å²) in [7, 11) is 0. The number of carbonyl (C=O) groups excluding carboxylic acids is 1. The molecule has 0 radical (unpaired) electrons. The van der Waals surface area contributed by atoms with Crippen molar-refractivity contribution in [1.82, 2.24) is 10.6 Å². The highest BCUT2D eigenvalue weighted by molar-refractivity contribution is 5.67. The van der Waals surface area contributed by atoms with E-state index in [1.165, 1.54) is 0 Å². The first kappa shape index (κ1) is 13.3. The van der Waals surface area contributed by atoms with Crippen molar-refractivity contribution < 1.29 is 9.53 Å². The van der Waals surface area contributed by atoms with Gasteiger partial charge in [-0.2, -0.15) is 0 Å². The fourth-order valence-corrected chi connectivity index (χ4v) is 1.96. The summed E-state index contributed by atoms with van der Waals surface area (Å²) < 4.78 is 5.19. The number of hydrogen-bond acceptors (Lipinski definition) is 3. The topological polar surface area (TPSA) is 50.4 Å².